The van der Waals surface area contributed by atoms with Crippen LogP contribution in [-0.2, 0) is 0 Å². The van der Waals surface area contributed by atoms with Gasteiger partial charge in [-0.3, -0.25) is 9.97 Å². The molecule has 7 rings (SSSR count). The highest BCUT2D eigenvalue weighted by molar-refractivity contribution is 5.94. The lowest BCUT2D eigenvalue weighted by molar-refractivity contribution is 1.06. The number of para-hydroxylation sites is 2. The van der Waals surface area contributed by atoms with E-state index in [4.69, 9.17) is 9.97 Å². The van der Waals surface area contributed by atoms with Crippen LogP contribution in [-0.4, -0.2) is 19.9 Å². The molecule has 0 aliphatic heterocycles. The van der Waals surface area contributed by atoms with Crippen LogP contribution >= 0.6 is 0 Å². The second kappa shape index (κ2) is 9.58. The van der Waals surface area contributed by atoms with Gasteiger partial charge in [0.15, 0.2) is 0 Å². The Labute approximate surface area is 226 Å². The molecule has 39 heavy (non-hydrogen) atoms. The van der Waals surface area contributed by atoms with Gasteiger partial charge >= 0.3 is 0 Å². The molecule has 0 saturated carbocycles. The Morgan fingerprint density at radius 3 is 1.31 bits per heavy atom. The molecule has 3 heterocycles. The summed E-state index contributed by atoms with van der Waals surface area (Å²) in [5.41, 5.74) is 10.5. The fraction of sp³-hybridized carbons (Fsp3) is 0.0286. The first-order valence-corrected chi connectivity index (χ1v) is 13.0. The molecule has 4 nitrogen and oxygen atoms in total. The van der Waals surface area contributed by atoms with E-state index in [0.29, 0.717) is 0 Å². The van der Waals surface area contributed by atoms with Gasteiger partial charge in [0.1, 0.15) is 5.82 Å². The minimum Gasteiger partial charge on any atom is -0.256 e. The van der Waals surface area contributed by atoms with Gasteiger partial charge in [-0.2, -0.15) is 0 Å². The maximum absolute atomic E-state index is 4.75. The van der Waals surface area contributed by atoms with Crippen LogP contribution in [0, 0.1) is 6.92 Å². The number of hydrogen-bond donors (Lipinski definition) is 0. The van der Waals surface area contributed by atoms with Crippen molar-refractivity contribution in [2.75, 3.05) is 0 Å². The molecule has 0 aliphatic carbocycles. The summed E-state index contributed by atoms with van der Waals surface area (Å²) in [7, 11) is 0. The molecule has 0 spiro atoms. The molecule has 3 aromatic heterocycles. The van der Waals surface area contributed by atoms with Gasteiger partial charge < -0.3 is 0 Å². The number of fused-ring (bicyclic) bond motifs is 2. The fourth-order valence-corrected chi connectivity index (χ4v) is 5.18. The zero-order valence-corrected chi connectivity index (χ0v) is 21.4. The van der Waals surface area contributed by atoms with E-state index in [2.05, 4.69) is 113 Å². The Balaban J connectivity index is 1.21. The van der Waals surface area contributed by atoms with Crippen LogP contribution in [0.1, 0.15) is 5.82 Å². The third kappa shape index (κ3) is 4.32. The van der Waals surface area contributed by atoms with Crippen LogP contribution in [0.3, 0.4) is 0 Å². The average molecular weight is 501 g/mol. The number of hydrogen-bond acceptors (Lipinski definition) is 4. The standard InChI is InChI=1S/C35H24N4/c1-23-38-32(26-16-12-24(13-17-26)30-10-2-6-28-8-4-20-36-34(28)30)22-33(39-23)27-18-14-25(15-19-27)31-11-3-7-29-9-5-21-37-35(29)31/h2-22H,1H3. The zero-order chi connectivity index (χ0) is 26.2. The molecule has 0 fully saturated rings. The number of benzene rings is 4. The second-order valence-electron chi connectivity index (χ2n) is 9.60. The van der Waals surface area contributed by atoms with Crippen molar-refractivity contribution in [3.8, 4) is 44.8 Å². The average Bonchev–Trinajstić information content (AvgIpc) is 3.00. The van der Waals surface area contributed by atoms with Crippen LogP contribution in [0.5, 0.6) is 0 Å². The quantitative estimate of drug-likeness (QED) is 0.243. The van der Waals surface area contributed by atoms with Crippen LogP contribution in [0.4, 0.5) is 0 Å². The van der Waals surface area contributed by atoms with Gasteiger partial charge in [-0.15, -0.1) is 0 Å². The van der Waals surface area contributed by atoms with Gasteiger partial charge in [-0.1, -0.05) is 97.1 Å². The normalized spacial score (nSPS) is 11.2. The number of pyridine rings is 2. The number of nitrogens with zero attached hydrogens (tertiary/aromatic N) is 4. The molecular formula is C35H24N4. The van der Waals surface area contributed by atoms with E-state index in [1.807, 2.05) is 31.5 Å². The number of rotatable bonds is 4. The largest absolute Gasteiger partial charge is 0.256 e. The summed E-state index contributed by atoms with van der Waals surface area (Å²) >= 11 is 0. The lowest BCUT2D eigenvalue weighted by atomic mass is 9.98. The third-order valence-electron chi connectivity index (χ3n) is 7.09. The van der Waals surface area contributed by atoms with Gasteiger partial charge in [0, 0.05) is 45.4 Å². The molecule has 0 N–H and O–H groups in total. The van der Waals surface area contributed by atoms with Crippen molar-refractivity contribution in [2.24, 2.45) is 0 Å². The molecule has 0 radical (unpaired) electrons. The van der Waals surface area contributed by atoms with Crippen LogP contribution in [0.25, 0.3) is 66.6 Å². The van der Waals surface area contributed by atoms with Crippen LogP contribution < -0.4 is 0 Å². The van der Waals surface area contributed by atoms with Crippen molar-refractivity contribution < 1.29 is 0 Å². The van der Waals surface area contributed by atoms with Gasteiger partial charge in [-0.05, 0) is 36.2 Å². The smallest absolute Gasteiger partial charge is 0.126 e. The van der Waals surface area contributed by atoms with Crippen molar-refractivity contribution in [2.45, 2.75) is 6.92 Å². The highest BCUT2D eigenvalue weighted by Crippen LogP contribution is 2.32. The first-order valence-electron chi connectivity index (χ1n) is 13.0. The molecule has 7 aromatic rings. The van der Waals surface area contributed by atoms with E-state index in [0.717, 1.165) is 72.4 Å². The molecule has 0 atom stereocenters. The van der Waals surface area contributed by atoms with Crippen molar-refractivity contribution in [3.63, 3.8) is 0 Å². The molecule has 0 aliphatic rings. The fourth-order valence-electron chi connectivity index (χ4n) is 5.18. The van der Waals surface area contributed by atoms with Gasteiger partial charge in [0.2, 0.25) is 0 Å². The summed E-state index contributed by atoms with van der Waals surface area (Å²) < 4.78 is 0. The van der Waals surface area contributed by atoms with Gasteiger partial charge in [0.25, 0.3) is 0 Å². The summed E-state index contributed by atoms with van der Waals surface area (Å²) in [5, 5.41) is 2.27. The lowest BCUT2D eigenvalue weighted by Gasteiger charge is -2.10. The predicted molar refractivity (Wildman–Crippen MR) is 159 cm³/mol. The van der Waals surface area contributed by atoms with E-state index in [-0.39, 0.29) is 0 Å². The molecule has 0 unspecified atom stereocenters. The van der Waals surface area contributed by atoms with Crippen molar-refractivity contribution >= 4 is 21.8 Å². The summed E-state index contributed by atoms with van der Waals surface area (Å²) in [4.78, 5) is 18.7. The number of aromatic nitrogens is 4. The first-order chi connectivity index (χ1) is 19.2. The summed E-state index contributed by atoms with van der Waals surface area (Å²) in [6.07, 6.45) is 3.69. The SMILES string of the molecule is Cc1nc(-c2ccc(-c3cccc4cccnc34)cc2)cc(-c2ccc(-c3cccc4cccnc34)cc2)n1. The monoisotopic (exact) mass is 500 g/mol. The Kier molecular flexibility index (Phi) is 5.64. The maximum atomic E-state index is 4.75. The maximum Gasteiger partial charge on any atom is 0.126 e. The molecule has 184 valence electrons. The molecular weight excluding hydrogens is 476 g/mol. The minimum atomic E-state index is 0.743. The lowest BCUT2D eigenvalue weighted by Crippen LogP contribution is -1.95. The van der Waals surface area contributed by atoms with E-state index in [1.54, 1.807) is 0 Å². The van der Waals surface area contributed by atoms with Gasteiger partial charge in [-0.25, -0.2) is 9.97 Å². The highest BCUT2D eigenvalue weighted by Gasteiger charge is 2.10. The molecule has 4 aromatic carbocycles. The minimum absolute atomic E-state index is 0.743. The van der Waals surface area contributed by atoms with Gasteiger partial charge in [0.05, 0.1) is 22.4 Å². The van der Waals surface area contributed by atoms with Crippen LogP contribution in [0.2, 0.25) is 0 Å². The van der Waals surface area contributed by atoms with E-state index < -0.39 is 0 Å². The topological polar surface area (TPSA) is 51.6 Å². The van der Waals surface area contributed by atoms with Crippen molar-refractivity contribution in [3.05, 3.63) is 133 Å². The predicted octanol–water partition coefficient (Wildman–Crippen LogP) is 8.55. The first kappa shape index (κ1) is 22.9. The second-order valence-corrected chi connectivity index (χ2v) is 9.60. The Morgan fingerprint density at radius 1 is 0.436 bits per heavy atom. The Morgan fingerprint density at radius 2 is 0.846 bits per heavy atom. The summed E-state index contributed by atoms with van der Waals surface area (Å²) in [6, 6.07) is 39.8. The van der Waals surface area contributed by atoms with E-state index in [1.165, 1.54) is 0 Å². The molecule has 0 saturated heterocycles. The van der Waals surface area contributed by atoms with E-state index >= 15 is 0 Å². The Hall–Kier alpha value is -5.22. The zero-order valence-electron chi connectivity index (χ0n) is 21.4. The highest BCUT2D eigenvalue weighted by atomic mass is 14.9. The number of aryl methyl sites for hydroxylation is 1. The van der Waals surface area contributed by atoms with Crippen LogP contribution in [0.15, 0.2) is 128 Å². The molecule has 0 amide bonds. The summed E-state index contributed by atoms with van der Waals surface area (Å²) in [6.45, 7) is 1.94. The molecule has 4 heteroatoms. The third-order valence-corrected chi connectivity index (χ3v) is 7.09. The summed E-state index contributed by atoms with van der Waals surface area (Å²) in [5.74, 6) is 0.743. The van der Waals surface area contributed by atoms with Crippen molar-refractivity contribution in [1.82, 2.24) is 19.9 Å². The molecule has 0 bridgehead atoms. The Bertz CT molecular complexity index is 1810. The van der Waals surface area contributed by atoms with Crippen molar-refractivity contribution in [1.29, 1.82) is 0 Å². The van der Waals surface area contributed by atoms with E-state index in [9.17, 15) is 0 Å².